The summed E-state index contributed by atoms with van der Waals surface area (Å²) in [7, 11) is -0.866. The SMILES string of the molecule is COC(=O)c1ccc(NS(=O)(=O)c2cc(-c3nc(C)c(C(=O)N4CCCC4)s3)n(C)c2)cc1. The van der Waals surface area contributed by atoms with Gasteiger partial charge in [0, 0.05) is 32.0 Å². The number of benzene rings is 1. The molecule has 0 radical (unpaired) electrons. The number of aromatic nitrogens is 2. The fourth-order valence-corrected chi connectivity index (χ4v) is 5.89. The van der Waals surface area contributed by atoms with E-state index in [9.17, 15) is 18.0 Å². The lowest BCUT2D eigenvalue weighted by Gasteiger charge is -2.13. The summed E-state index contributed by atoms with van der Waals surface area (Å²) in [6, 6.07) is 7.49. The number of likely N-dealkylation sites (tertiary alicyclic amines) is 1. The molecule has 1 aliphatic rings. The third-order valence-electron chi connectivity index (χ3n) is 5.45. The van der Waals surface area contributed by atoms with Crippen LogP contribution in [-0.2, 0) is 21.8 Å². The molecule has 0 atom stereocenters. The van der Waals surface area contributed by atoms with E-state index in [1.807, 2.05) is 4.90 Å². The van der Waals surface area contributed by atoms with Crippen LogP contribution in [0.25, 0.3) is 10.7 Å². The van der Waals surface area contributed by atoms with E-state index in [2.05, 4.69) is 14.4 Å². The molecule has 3 aromatic rings. The van der Waals surface area contributed by atoms with E-state index in [0.717, 1.165) is 25.9 Å². The number of ether oxygens (including phenoxy) is 1. The summed E-state index contributed by atoms with van der Waals surface area (Å²) in [4.78, 5) is 31.4. The van der Waals surface area contributed by atoms with Gasteiger partial charge < -0.3 is 14.2 Å². The highest BCUT2D eigenvalue weighted by Crippen LogP contribution is 2.32. The van der Waals surface area contributed by atoms with Crippen molar-refractivity contribution < 1.29 is 22.7 Å². The number of hydrogen-bond acceptors (Lipinski definition) is 7. The first-order valence-electron chi connectivity index (χ1n) is 10.3. The number of amides is 1. The Hall–Kier alpha value is -3.18. The maximum atomic E-state index is 12.9. The van der Waals surface area contributed by atoms with Gasteiger partial charge in [-0.25, -0.2) is 18.2 Å². The summed E-state index contributed by atoms with van der Waals surface area (Å²) in [5.41, 5.74) is 1.88. The lowest BCUT2D eigenvalue weighted by Crippen LogP contribution is -2.27. The van der Waals surface area contributed by atoms with Crippen molar-refractivity contribution in [3.8, 4) is 10.7 Å². The van der Waals surface area contributed by atoms with Crippen LogP contribution in [0.1, 0.15) is 38.6 Å². The first kappa shape index (κ1) is 23.0. The molecule has 0 bridgehead atoms. The van der Waals surface area contributed by atoms with E-state index >= 15 is 0 Å². The standard InChI is InChI=1S/C22H24N4O5S2/c1-14-19(21(27)26-10-4-5-11-26)32-20(23-14)18-12-17(13-25(18)2)33(29,30)24-16-8-6-15(7-9-16)22(28)31-3/h6-9,12-13,24H,4-5,10-11H2,1-3H3. The number of hydrogen-bond donors (Lipinski definition) is 1. The van der Waals surface area contributed by atoms with Gasteiger partial charge in [-0.3, -0.25) is 9.52 Å². The van der Waals surface area contributed by atoms with Crippen molar-refractivity contribution in [3.05, 3.63) is 52.7 Å². The molecule has 1 aliphatic heterocycles. The van der Waals surface area contributed by atoms with Crippen molar-refractivity contribution in [3.63, 3.8) is 0 Å². The lowest BCUT2D eigenvalue weighted by molar-refractivity contribution is 0.0600. The number of nitrogens with one attached hydrogen (secondary N) is 1. The van der Waals surface area contributed by atoms with Crippen LogP contribution in [0, 0.1) is 6.92 Å². The molecule has 33 heavy (non-hydrogen) atoms. The van der Waals surface area contributed by atoms with E-state index in [4.69, 9.17) is 0 Å². The fraction of sp³-hybridized carbons (Fsp3) is 0.318. The van der Waals surface area contributed by atoms with Gasteiger partial charge >= 0.3 is 5.97 Å². The summed E-state index contributed by atoms with van der Waals surface area (Å²) in [6.07, 6.45) is 3.51. The van der Waals surface area contributed by atoms with Crippen LogP contribution in [0.4, 0.5) is 5.69 Å². The molecular weight excluding hydrogens is 464 g/mol. The smallest absolute Gasteiger partial charge is 0.337 e. The third-order valence-corrected chi connectivity index (χ3v) is 7.97. The van der Waals surface area contributed by atoms with Crippen molar-refractivity contribution in [2.75, 3.05) is 24.9 Å². The minimum absolute atomic E-state index is 0.0205. The Morgan fingerprint density at radius 2 is 1.82 bits per heavy atom. The second kappa shape index (κ2) is 8.99. The van der Waals surface area contributed by atoms with Gasteiger partial charge in [0.1, 0.15) is 14.8 Å². The number of sulfonamides is 1. The Morgan fingerprint density at radius 3 is 2.45 bits per heavy atom. The van der Waals surface area contributed by atoms with Crippen molar-refractivity contribution >= 4 is 38.9 Å². The maximum Gasteiger partial charge on any atom is 0.337 e. The highest BCUT2D eigenvalue weighted by Gasteiger charge is 2.26. The molecule has 1 amide bonds. The monoisotopic (exact) mass is 488 g/mol. The van der Waals surface area contributed by atoms with Crippen molar-refractivity contribution in [1.82, 2.24) is 14.5 Å². The Labute approximate surface area is 196 Å². The largest absolute Gasteiger partial charge is 0.465 e. The Bertz CT molecular complexity index is 1300. The van der Waals surface area contributed by atoms with Crippen LogP contribution in [-0.4, -0.2) is 54.9 Å². The van der Waals surface area contributed by atoms with Crippen LogP contribution >= 0.6 is 11.3 Å². The molecule has 0 aliphatic carbocycles. The zero-order valence-corrected chi connectivity index (χ0v) is 20.1. The molecule has 0 unspecified atom stereocenters. The van der Waals surface area contributed by atoms with E-state index in [0.29, 0.717) is 32.5 Å². The van der Waals surface area contributed by atoms with E-state index in [1.54, 1.807) is 18.5 Å². The number of thiazole rings is 1. The van der Waals surface area contributed by atoms with E-state index < -0.39 is 16.0 Å². The molecule has 4 rings (SSSR count). The van der Waals surface area contributed by atoms with Crippen molar-refractivity contribution in [2.24, 2.45) is 7.05 Å². The quantitative estimate of drug-likeness (QED) is 0.533. The maximum absolute atomic E-state index is 12.9. The van der Waals surface area contributed by atoms with E-state index in [-0.39, 0.29) is 10.8 Å². The van der Waals surface area contributed by atoms with Gasteiger partial charge in [-0.05, 0) is 50.1 Å². The van der Waals surface area contributed by atoms with Gasteiger partial charge in [-0.1, -0.05) is 0 Å². The zero-order chi connectivity index (χ0) is 23.8. The van der Waals surface area contributed by atoms with Crippen LogP contribution < -0.4 is 4.72 Å². The molecule has 3 heterocycles. The van der Waals surface area contributed by atoms with Crippen LogP contribution in [0.5, 0.6) is 0 Å². The molecule has 0 spiro atoms. The van der Waals surface area contributed by atoms with Crippen molar-refractivity contribution in [2.45, 2.75) is 24.7 Å². The average molecular weight is 489 g/mol. The number of carbonyl (C=O) groups is 2. The number of nitrogens with zero attached hydrogens (tertiary/aromatic N) is 3. The summed E-state index contributed by atoms with van der Waals surface area (Å²) < 4.78 is 34.7. The van der Waals surface area contributed by atoms with Gasteiger partial charge in [0.25, 0.3) is 15.9 Å². The first-order valence-corrected chi connectivity index (χ1v) is 12.6. The first-order chi connectivity index (χ1) is 15.7. The highest BCUT2D eigenvalue weighted by molar-refractivity contribution is 7.92. The van der Waals surface area contributed by atoms with Gasteiger partial charge in [0.05, 0.1) is 24.1 Å². The summed E-state index contributed by atoms with van der Waals surface area (Å²) >= 11 is 1.27. The fourth-order valence-electron chi connectivity index (χ4n) is 3.67. The van der Waals surface area contributed by atoms with Gasteiger partial charge in [-0.2, -0.15) is 0 Å². The number of rotatable bonds is 6. The number of esters is 1. The Morgan fingerprint density at radius 1 is 1.15 bits per heavy atom. The average Bonchev–Trinajstić information content (AvgIpc) is 3.53. The predicted octanol–water partition coefficient (Wildman–Crippen LogP) is 3.28. The van der Waals surface area contributed by atoms with Gasteiger partial charge in [0.2, 0.25) is 0 Å². The van der Waals surface area contributed by atoms with Gasteiger partial charge in [0.15, 0.2) is 0 Å². The summed E-state index contributed by atoms with van der Waals surface area (Å²) in [5, 5.41) is 0.585. The number of methoxy groups -OCH3 is 1. The minimum atomic E-state index is -3.88. The third kappa shape index (κ3) is 4.64. The number of aryl methyl sites for hydroxylation is 2. The van der Waals surface area contributed by atoms with Crippen molar-refractivity contribution in [1.29, 1.82) is 0 Å². The molecule has 2 aromatic heterocycles. The minimum Gasteiger partial charge on any atom is -0.465 e. The molecule has 1 saturated heterocycles. The molecule has 174 valence electrons. The summed E-state index contributed by atoms with van der Waals surface area (Å²) in [5.74, 6) is -0.522. The summed E-state index contributed by atoms with van der Waals surface area (Å²) in [6.45, 7) is 3.30. The molecule has 1 aromatic carbocycles. The molecule has 0 saturated carbocycles. The van der Waals surface area contributed by atoms with E-state index in [1.165, 1.54) is 55.0 Å². The highest BCUT2D eigenvalue weighted by atomic mass is 32.2. The predicted molar refractivity (Wildman–Crippen MR) is 125 cm³/mol. The second-order valence-corrected chi connectivity index (χ2v) is 10.5. The Balaban J connectivity index is 1.57. The molecule has 11 heteroatoms. The lowest BCUT2D eigenvalue weighted by atomic mass is 10.2. The molecule has 9 nitrogen and oxygen atoms in total. The van der Waals surface area contributed by atoms with Crippen LogP contribution in [0.15, 0.2) is 41.4 Å². The second-order valence-electron chi connectivity index (χ2n) is 7.78. The zero-order valence-electron chi connectivity index (χ0n) is 18.5. The molecular formula is C22H24N4O5S2. The topological polar surface area (TPSA) is 111 Å². The van der Waals surface area contributed by atoms with Crippen LogP contribution in [0.3, 0.4) is 0 Å². The van der Waals surface area contributed by atoms with Gasteiger partial charge in [-0.15, -0.1) is 11.3 Å². The number of anilines is 1. The number of carbonyl (C=O) groups excluding carboxylic acids is 2. The Kier molecular flexibility index (Phi) is 6.26. The molecule has 1 fully saturated rings. The normalized spacial score (nSPS) is 13.8. The van der Waals surface area contributed by atoms with Crippen LogP contribution in [0.2, 0.25) is 0 Å². The molecule has 1 N–H and O–H groups in total.